The number of carbonyl (C=O) groups excluding carboxylic acids is 1. The lowest BCUT2D eigenvalue weighted by molar-refractivity contribution is -0.214. The van der Waals surface area contributed by atoms with Gasteiger partial charge in [0, 0.05) is 21.9 Å². The zero-order valence-corrected chi connectivity index (χ0v) is 20.1. The average Bonchev–Trinajstić information content (AvgIpc) is 3.52. The second-order valence-corrected chi connectivity index (χ2v) is 8.42. The van der Waals surface area contributed by atoms with Gasteiger partial charge >= 0.3 is 6.17 Å². The van der Waals surface area contributed by atoms with Crippen LogP contribution in [0.4, 0.5) is 0 Å². The summed E-state index contributed by atoms with van der Waals surface area (Å²) in [6, 6.07) is 19.8. The van der Waals surface area contributed by atoms with Crippen LogP contribution in [0.2, 0.25) is 0 Å². The molecule has 0 amide bonds. The summed E-state index contributed by atoms with van der Waals surface area (Å²) in [7, 11) is 4.97. The lowest BCUT2D eigenvalue weighted by Crippen LogP contribution is -2.16. The summed E-state index contributed by atoms with van der Waals surface area (Å²) in [5, 5.41) is 12.3. The lowest BCUT2D eigenvalue weighted by Gasteiger charge is -2.09. The van der Waals surface area contributed by atoms with Crippen LogP contribution in [0.5, 0.6) is 0 Å². The van der Waals surface area contributed by atoms with Gasteiger partial charge in [0.05, 0.1) is 18.5 Å². The molecule has 0 aliphatic heterocycles. The summed E-state index contributed by atoms with van der Waals surface area (Å²) in [4.78, 5) is 27.8. The van der Waals surface area contributed by atoms with Crippen molar-refractivity contribution in [2.24, 2.45) is 0 Å². The van der Waals surface area contributed by atoms with E-state index in [2.05, 4.69) is 19.7 Å². The minimum atomic E-state index is -0.280. The molecule has 1 unspecified atom stereocenters. The standard InChI is InChI=1S/C13H13N3S.C10H7NOS.CH4O2/c1-14-12(16(2)3)13-15-11(9-17-13)10-7-5-4-6-8-10;12-6-10-11-9(7-13-10)8-4-2-1-3-5-8;1-3-2/h4-9,12H,2-3H3;1-7H;2H,1H3. The van der Waals surface area contributed by atoms with Gasteiger partial charge in [-0.15, -0.1) is 22.7 Å². The van der Waals surface area contributed by atoms with Crippen molar-refractivity contribution < 1.29 is 14.9 Å². The summed E-state index contributed by atoms with van der Waals surface area (Å²) in [5.74, 6) is 0. The summed E-state index contributed by atoms with van der Waals surface area (Å²) in [6.45, 7) is 7.19. The van der Waals surface area contributed by atoms with Gasteiger partial charge in [-0.25, -0.2) is 26.3 Å². The molecule has 4 rings (SSSR count). The quantitative estimate of drug-likeness (QED) is 0.163. The number of aldehydes is 1. The van der Waals surface area contributed by atoms with Crippen molar-refractivity contribution in [2.45, 2.75) is 6.17 Å². The topological polar surface area (TPSA) is 79.9 Å². The van der Waals surface area contributed by atoms with E-state index in [1.54, 1.807) is 0 Å². The molecule has 0 fully saturated rings. The first-order chi connectivity index (χ1) is 16.0. The van der Waals surface area contributed by atoms with Crippen molar-refractivity contribution in [3.05, 3.63) is 92.9 Å². The molecule has 0 spiro atoms. The van der Waals surface area contributed by atoms with Crippen molar-refractivity contribution in [1.29, 1.82) is 0 Å². The van der Waals surface area contributed by atoms with Crippen molar-refractivity contribution >= 4 is 29.0 Å². The normalized spacial score (nSPS) is 10.8. The summed E-state index contributed by atoms with van der Waals surface area (Å²) in [5.41, 5.74) is 3.96. The van der Waals surface area contributed by atoms with Crippen LogP contribution < -0.4 is 0 Å². The van der Waals surface area contributed by atoms with E-state index in [0.717, 1.165) is 33.8 Å². The SMILES string of the molecule is COO.O=Cc1nc(-c2ccccc2)cs1.[C-]#[N+]C(c1nc(-c2ccccc2)cs1)N(C)C. The van der Waals surface area contributed by atoms with E-state index in [1.807, 2.05) is 90.4 Å². The van der Waals surface area contributed by atoms with Crippen LogP contribution in [0.3, 0.4) is 0 Å². The molecular formula is C24H24N4O3S2. The highest BCUT2D eigenvalue weighted by Gasteiger charge is 2.22. The smallest absolute Gasteiger partial charge is 0.295 e. The molecule has 170 valence electrons. The molecule has 2 heterocycles. The number of nitrogens with zero attached hydrogens (tertiary/aromatic N) is 4. The number of rotatable bonds is 5. The predicted molar refractivity (Wildman–Crippen MR) is 133 cm³/mol. The van der Waals surface area contributed by atoms with Crippen LogP contribution in [0.15, 0.2) is 71.4 Å². The first-order valence-electron chi connectivity index (χ1n) is 9.71. The highest BCUT2D eigenvalue weighted by atomic mass is 32.1. The molecule has 4 aromatic rings. The maximum atomic E-state index is 10.4. The van der Waals surface area contributed by atoms with Gasteiger partial charge in [-0.3, -0.25) is 14.9 Å². The molecule has 7 nitrogen and oxygen atoms in total. The van der Waals surface area contributed by atoms with Crippen LogP contribution in [-0.2, 0) is 4.89 Å². The number of aromatic nitrogens is 2. The van der Waals surface area contributed by atoms with Gasteiger partial charge < -0.3 is 0 Å². The number of carbonyl (C=O) groups is 1. The molecule has 0 saturated carbocycles. The summed E-state index contributed by atoms with van der Waals surface area (Å²) in [6.07, 6.45) is 0.495. The van der Waals surface area contributed by atoms with Crippen LogP contribution in [-0.4, -0.2) is 47.6 Å². The second-order valence-electron chi connectivity index (χ2n) is 6.64. The van der Waals surface area contributed by atoms with E-state index in [4.69, 9.17) is 11.8 Å². The molecule has 1 atom stereocenters. The van der Waals surface area contributed by atoms with Crippen LogP contribution >= 0.6 is 22.7 Å². The molecular weight excluding hydrogens is 456 g/mol. The Labute approximate surface area is 201 Å². The second kappa shape index (κ2) is 14.0. The van der Waals surface area contributed by atoms with E-state index < -0.39 is 0 Å². The van der Waals surface area contributed by atoms with Crippen LogP contribution in [0.1, 0.15) is 21.0 Å². The maximum absolute atomic E-state index is 10.4. The number of hydrogen-bond donors (Lipinski definition) is 1. The fourth-order valence-corrected chi connectivity index (χ4v) is 4.21. The van der Waals surface area contributed by atoms with E-state index in [-0.39, 0.29) is 6.17 Å². The van der Waals surface area contributed by atoms with Gasteiger partial charge in [-0.1, -0.05) is 60.7 Å². The minimum absolute atomic E-state index is 0.280. The van der Waals surface area contributed by atoms with Gasteiger partial charge in [-0.2, -0.15) is 0 Å². The molecule has 0 aliphatic carbocycles. The summed E-state index contributed by atoms with van der Waals surface area (Å²) >= 11 is 2.90. The Morgan fingerprint density at radius 1 is 0.970 bits per heavy atom. The van der Waals surface area contributed by atoms with Crippen LogP contribution in [0, 0.1) is 6.57 Å². The third-order valence-corrected chi connectivity index (χ3v) is 5.77. The first kappa shape index (κ1) is 26.0. The fraction of sp³-hybridized carbons (Fsp3) is 0.167. The van der Waals surface area contributed by atoms with Gasteiger partial charge in [0.2, 0.25) is 0 Å². The molecule has 0 saturated heterocycles. The van der Waals surface area contributed by atoms with E-state index in [0.29, 0.717) is 5.01 Å². The fourth-order valence-electron chi connectivity index (χ4n) is 2.62. The van der Waals surface area contributed by atoms with Crippen molar-refractivity contribution in [1.82, 2.24) is 14.9 Å². The molecule has 9 heteroatoms. The monoisotopic (exact) mass is 480 g/mol. The number of benzene rings is 2. The zero-order chi connectivity index (χ0) is 24.1. The Morgan fingerprint density at radius 3 is 1.88 bits per heavy atom. The summed E-state index contributed by atoms with van der Waals surface area (Å²) < 4.78 is 0. The highest BCUT2D eigenvalue weighted by Crippen LogP contribution is 2.28. The van der Waals surface area contributed by atoms with E-state index >= 15 is 0 Å². The minimum Gasteiger partial charge on any atom is -0.295 e. The zero-order valence-electron chi connectivity index (χ0n) is 18.5. The molecule has 0 radical (unpaired) electrons. The third kappa shape index (κ3) is 7.98. The van der Waals surface area contributed by atoms with Crippen molar-refractivity contribution in [3.63, 3.8) is 0 Å². The molecule has 2 aromatic carbocycles. The Kier molecular flexibility index (Phi) is 11.0. The average molecular weight is 481 g/mol. The molecule has 2 aromatic heterocycles. The number of hydrogen-bond acceptors (Lipinski definition) is 8. The van der Waals surface area contributed by atoms with Crippen LogP contribution in [0.25, 0.3) is 27.4 Å². The van der Waals surface area contributed by atoms with E-state index in [1.165, 1.54) is 29.8 Å². The Hall–Kier alpha value is -3.26. The number of thiazole rings is 2. The largest absolute Gasteiger partial charge is 0.331 e. The Bertz CT molecular complexity index is 1140. The molecule has 33 heavy (non-hydrogen) atoms. The maximum Gasteiger partial charge on any atom is 0.331 e. The van der Waals surface area contributed by atoms with Gasteiger partial charge in [0.25, 0.3) is 0 Å². The molecule has 1 N–H and O–H groups in total. The Morgan fingerprint density at radius 2 is 1.45 bits per heavy atom. The molecule has 0 bridgehead atoms. The molecule has 0 aliphatic rings. The van der Waals surface area contributed by atoms with Crippen molar-refractivity contribution in [3.8, 4) is 22.5 Å². The van der Waals surface area contributed by atoms with Crippen molar-refractivity contribution in [2.75, 3.05) is 21.2 Å². The third-order valence-electron chi connectivity index (χ3n) is 4.12. The van der Waals surface area contributed by atoms with Gasteiger partial charge in [0.1, 0.15) is 0 Å². The predicted octanol–water partition coefficient (Wildman–Crippen LogP) is 6.02. The highest BCUT2D eigenvalue weighted by molar-refractivity contribution is 7.11. The van der Waals surface area contributed by atoms with Gasteiger partial charge in [-0.05, 0) is 14.1 Å². The lowest BCUT2D eigenvalue weighted by atomic mass is 10.2. The first-order valence-corrected chi connectivity index (χ1v) is 11.5. The van der Waals surface area contributed by atoms with Gasteiger partial charge in [0.15, 0.2) is 16.3 Å². The Balaban J connectivity index is 0.000000214. The van der Waals surface area contributed by atoms with E-state index in [9.17, 15) is 4.79 Å².